The van der Waals surface area contributed by atoms with E-state index in [1.54, 1.807) is 25.3 Å². The topological polar surface area (TPSA) is 78.1 Å². The number of benzene rings is 2. The van der Waals surface area contributed by atoms with Crippen molar-refractivity contribution in [3.63, 3.8) is 0 Å². The van der Waals surface area contributed by atoms with Gasteiger partial charge in [0.1, 0.15) is 11.4 Å². The lowest BCUT2D eigenvalue weighted by atomic mass is 10.1. The van der Waals surface area contributed by atoms with Gasteiger partial charge in [0.05, 0.1) is 13.2 Å². The number of nitrogens with one attached hydrogen (secondary N) is 2. The molecule has 31 heavy (non-hydrogen) atoms. The number of hydrogen-bond acceptors (Lipinski definition) is 6. The van der Waals surface area contributed by atoms with Gasteiger partial charge in [-0.15, -0.1) is 0 Å². The van der Waals surface area contributed by atoms with Crippen molar-refractivity contribution in [1.82, 2.24) is 10.6 Å². The number of carbonyl (C=O) groups is 1. The third kappa shape index (κ3) is 6.70. The molecule has 0 unspecified atom stereocenters. The van der Waals surface area contributed by atoms with Crippen LogP contribution in [-0.4, -0.2) is 38.1 Å². The van der Waals surface area contributed by atoms with Crippen molar-refractivity contribution >= 4 is 29.3 Å². The zero-order valence-electron chi connectivity index (χ0n) is 17.8. The van der Waals surface area contributed by atoms with Gasteiger partial charge in [-0.1, -0.05) is 12.1 Å². The van der Waals surface area contributed by atoms with E-state index in [2.05, 4.69) is 16.7 Å². The van der Waals surface area contributed by atoms with Crippen molar-refractivity contribution < 1.29 is 23.7 Å². The fourth-order valence-electron chi connectivity index (χ4n) is 3.07. The van der Waals surface area contributed by atoms with E-state index in [4.69, 9.17) is 31.2 Å². The summed E-state index contributed by atoms with van der Waals surface area (Å²) < 4.78 is 22.4. The lowest BCUT2D eigenvalue weighted by Crippen LogP contribution is -2.21. The maximum absolute atomic E-state index is 11.8. The highest BCUT2D eigenvalue weighted by atomic mass is 32.1. The predicted molar refractivity (Wildman–Crippen MR) is 122 cm³/mol. The van der Waals surface area contributed by atoms with Gasteiger partial charge in [0, 0.05) is 13.5 Å². The molecule has 0 saturated carbocycles. The van der Waals surface area contributed by atoms with Crippen molar-refractivity contribution in [3.05, 3.63) is 58.8 Å². The fourth-order valence-corrected chi connectivity index (χ4v) is 3.27. The second kappa shape index (κ2) is 10.8. The molecule has 0 bridgehead atoms. The van der Waals surface area contributed by atoms with E-state index in [9.17, 15) is 4.79 Å². The van der Waals surface area contributed by atoms with E-state index in [-0.39, 0.29) is 17.8 Å². The number of aryl methyl sites for hydroxylation is 2. The van der Waals surface area contributed by atoms with Crippen LogP contribution in [0.15, 0.2) is 42.1 Å². The van der Waals surface area contributed by atoms with Crippen molar-refractivity contribution in [2.75, 3.05) is 27.1 Å². The van der Waals surface area contributed by atoms with Gasteiger partial charge in [-0.05, 0) is 73.1 Å². The Kier molecular flexibility index (Phi) is 7.86. The van der Waals surface area contributed by atoms with Crippen LogP contribution in [0.25, 0.3) is 6.08 Å². The molecule has 1 fully saturated rings. The van der Waals surface area contributed by atoms with Crippen LogP contribution >= 0.6 is 12.2 Å². The van der Waals surface area contributed by atoms with Crippen LogP contribution < -0.4 is 24.8 Å². The van der Waals surface area contributed by atoms with Crippen LogP contribution in [0.3, 0.4) is 0 Å². The Balaban J connectivity index is 1.58. The van der Waals surface area contributed by atoms with Gasteiger partial charge in [-0.25, -0.2) is 0 Å². The molecule has 2 N–H and O–H groups in total. The van der Waals surface area contributed by atoms with E-state index >= 15 is 0 Å². The minimum Gasteiger partial charge on any atom is -0.493 e. The molecule has 1 amide bonds. The van der Waals surface area contributed by atoms with Gasteiger partial charge in [0.15, 0.2) is 23.4 Å². The Labute approximate surface area is 187 Å². The molecule has 8 heteroatoms. The molecule has 0 aromatic heterocycles. The smallest absolute Gasteiger partial charge is 0.273 e. The minimum absolute atomic E-state index is 0.0784. The van der Waals surface area contributed by atoms with Crippen LogP contribution in [0.4, 0.5) is 0 Å². The average molecular weight is 443 g/mol. The average Bonchev–Trinajstić information content (AvgIpc) is 3.03. The Morgan fingerprint density at radius 2 is 1.68 bits per heavy atom. The first-order chi connectivity index (χ1) is 14.9. The molecule has 1 heterocycles. The van der Waals surface area contributed by atoms with E-state index < -0.39 is 0 Å². The van der Waals surface area contributed by atoms with Crippen molar-refractivity contribution in [2.45, 2.75) is 20.3 Å². The predicted octanol–water partition coefficient (Wildman–Crippen LogP) is 3.48. The Morgan fingerprint density at radius 1 is 0.935 bits per heavy atom. The van der Waals surface area contributed by atoms with Crippen LogP contribution in [0.5, 0.6) is 17.2 Å². The number of thiocarbonyl (C=S) groups is 1. The summed E-state index contributed by atoms with van der Waals surface area (Å²) in [4.78, 5) is 11.8. The first kappa shape index (κ1) is 22.6. The summed E-state index contributed by atoms with van der Waals surface area (Å²) >= 11 is 4.95. The molecule has 7 nitrogen and oxygen atoms in total. The van der Waals surface area contributed by atoms with Crippen LogP contribution in [0.2, 0.25) is 0 Å². The molecule has 0 atom stereocenters. The third-order valence-electron chi connectivity index (χ3n) is 4.34. The monoisotopic (exact) mass is 442 g/mol. The van der Waals surface area contributed by atoms with Crippen LogP contribution in [0, 0.1) is 13.8 Å². The summed E-state index contributed by atoms with van der Waals surface area (Å²) in [7, 11) is 1.55. The second-order valence-electron chi connectivity index (χ2n) is 7.10. The van der Waals surface area contributed by atoms with Gasteiger partial charge in [-0.2, -0.15) is 0 Å². The highest BCUT2D eigenvalue weighted by molar-refractivity contribution is 7.80. The van der Waals surface area contributed by atoms with Crippen molar-refractivity contribution in [3.8, 4) is 17.2 Å². The highest BCUT2D eigenvalue weighted by Crippen LogP contribution is 2.29. The van der Waals surface area contributed by atoms with Gasteiger partial charge in [-0.3, -0.25) is 10.1 Å². The number of amides is 1. The van der Waals surface area contributed by atoms with Gasteiger partial charge in [0.25, 0.3) is 5.91 Å². The Morgan fingerprint density at radius 3 is 2.35 bits per heavy atom. The molecule has 1 aliphatic rings. The number of ether oxygens (including phenoxy) is 4. The zero-order chi connectivity index (χ0) is 22.2. The Hall–Kier alpha value is -3.10. The molecule has 1 saturated heterocycles. The molecular formula is C23H26N2O5S. The van der Waals surface area contributed by atoms with Gasteiger partial charge >= 0.3 is 0 Å². The first-order valence-electron chi connectivity index (χ1n) is 9.88. The van der Waals surface area contributed by atoms with E-state index in [1.807, 2.05) is 32.0 Å². The van der Waals surface area contributed by atoms with Crippen LogP contribution in [-0.2, 0) is 9.53 Å². The molecule has 1 aliphatic heterocycles. The van der Waals surface area contributed by atoms with Crippen molar-refractivity contribution in [2.24, 2.45) is 0 Å². The number of carbonyl (C=O) groups excluding carboxylic acids is 1. The zero-order valence-corrected chi connectivity index (χ0v) is 18.6. The molecule has 2 aromatic carbocycles. The standard InChI is InChI=1S/C23H26N2O5S/c1-15-9-16(2)11-18(10-15)28-7-4-8-29-20-6-5-17(13-21(20)30-14-27-3)12-19-22(26)25-23(31)24-19/h5-6,9-13H,4,7-8,14H2,1-3H3,(H2,24,25,26,31)/b19-12-. The summed E-state index contributed by atoms with van der Waals surface area (Å²) in [5.74, 6) is 1.70. The summed E-state index contributed by atoms with van der Waals surface area (Å²) in [6, 6.07) is 11.6. The number of methoxy groups -OCH3 is 1. The molecule has 0 spiro atoms. The molecule has 2 aromatic rings. The lowest BCUT2D eigenvalue weighted by molar-refractivity contribution is -0.115. The van der Waals surface area contributed by atoms with Gasteiger partial charge in [0.2, 0.25) is 0 Å². The fraction of sp³-hybridized carbons (Fsp3) is 0.304. The maximum Gasteiger partial charge on any atom is 0.273 e. The van der Waals surface area contributed by atoms with E-state index in [0.29, 0.717) is 36.8 Å². The van der Waals surface area contributed by atoms with Gasteiger partial charge < -0.3 is 24.3 Å². The molecule has 0 radical (unpaired) electrons. The largest absolute Gasteiger partial charge is 0.493 e. The normalized spacial score (nSPS) is 14.4. The number of rotatable bonds is 10. The molecule has 164 valence electrons. The lowest BCUT2D eigenvalue weighted by Gasteiger charge is -2.14. The summed E-state index contributed by atoms with van der Waals surface area (Å²) in [6.45, 7) is 5.19. The quantitative estimate of drug-likeness (QED) is 0.252. The summed E-state index contributed by atoms with van der Waals surface area (Å²) in [5, 5.41) is 5.64. The summed E-state index contributed by atoms with van der Waals surface area (Å²) in [6.07, 6.45) is 2.40. The van der Waals surface area contributed by atoms with E-state index in [1.165, 1.54) is 11.1 Å². The van der Waals surface area contributed by atoms with Crippen LogP contribution in [0.1, 0.15) is 23.1 Å². The molecule has 3 rings (SSSR count). The Bertz CT molecular complexity index is 970. The maximum atomic E-state index is 11.8. The highest BCUT2D eigenvalue weighted by Gasteiger charge is 2.20. The first-order valence-corrected chi connectivity index (χ1v) is 10.3. The minimum atomic E-state index is -0.270. The second-order valence-corrected chi connectivity index (χ2v) is 7.51. The molecule has 0 aliphatic carbocycles. The SMILES string of the molecule is COCOc1cc(/C=C2\NC(=S)NC2=O)ccc1OCCCOc1cc(C)cc(C)c1. The third-order valence-corrected chi connectivity index (χ3v) is 4.55. The van der Waals surface area contributed by atoms with E-state index in [0.717, 1.165) is 11.3 Å². The number of hydrogen-bond donors (Lipinski definition) is 2. The summed E-state index contributed by atoms with van der Waals surface area (Å²) in [5.41, 5.74) is 3.49. The van der Waals surface area contributed by atoms with Crippen molar-refractivity contribution in [1.29, 1.82) is 0 Å². The molecular weight excluding hydrogens is 416 g/mol.